The molecule has 4 heteroatoms. The van der Waals surface area contributed by atoms with E-state index in [0.717, 1.165) is 34.8 Å². The number of nitrogens with one attached hydrogen (secondary N) is 1. The highest BCUT2D eigenvalue weighted by Crippen LogP contribution is 2.30. The topological polar surface area (TPSA) is 37.8 Å². The van der Waals surface area contributed by atoms with Crippen LogP contribution in [0.25, 0.3) is 0 Å². The van der Waals surface area contributed by atoms with E-state index in [1.807, 2.05) is 19.9 Å². The molecule has 1 saturated carbocycles. The van der Waals surface area contributed by atoms with E-state index in [4.69, 9.17) is 0 Å². The van der Waals surface area contributed by atoms with Gasteiger partial charge in [-0.25, -0.2) is 9.97 Å². The Morgan fingerprint density at radius 3 is 2.47 bits per heavy atom. The van der Waals surface area contributed by atoms with Gasteiger partial charge in [-0.15, -0.1) is 0 Å². The Balaban J connectivity index is 1.93. The highest BCUT2D eigenvalue weighted by molar-refractivity contribution is 7.99. The highest BCUT2D eigenvalue weighted by Gasteiger charge is 2.24. The number of rotatable bonds is 6. The van der Waals surface area contributed by atoms with Crippen LogP contribution in [0.15, 0.2) is 11.2 Å². The molecule has 0 amide bonds. The Morgan fingerprint density at radius 2 is 1.89 bits per heavy atom. The molecule has 1 fully saturated rings. The van der Waals surface area contributed by atoms with Crippen LogP contribution in [0.5, 0.6) is 0 Å². The Morgan fingerprint density at radius 1 is 1.26 bits per heavy atom. The van der Waals surface area contributed by atoms with Crippen LogP contribution in [0.3, 0.4) is 0 Å². The summed E-state index contributed by atoms with van der Waals surface area (Å²) < 4.78 is 0. The fourth-order valence-corrected chi connectivity index (χ4v) is 4.04. The van der Waals surface area contributed by atoms with E-state index in [9.17, 15) is 0 Å². The summed E-state index contributed by atoms with van der Waals surface area (Å²) >= 11 is 1.80. The lowest BCUT2D eigenvalue weighted by atomic mass is 10.00. The summed E-state index contributed by atoms with van der Waals surface area (Å²) in [7, 11) is 0. The second-order valence-corrected chi connectivity index (χ2v) is 6.44. The van der Waals surface area contributed by atoms with Crippen LogP contribution in [-0.2, 0) is 0 Å². The van der Waals surface area contributed by atoms with E-state index >= 15 is 0 Å². The summed E-state index contributed by atoms with van der Waals surface area (Å²) in [6, 6.07) is 2.64. The maximum atomic E-state index is 4.52. The minimum Gasteiger partial charge on any atom is -0.313 e. The molecule has 0 aliphatic heterocycles. The third kappa shape index (κ3) is 4.46. The molecule has 1 atom stereocenters. The van der Waals surface area contributed by atoms with Crippen LogP contribution in [0.4, 0.5) is 0 Å². The summed E-state index contributed by atoms with van der Waals surface area (Å²) in [5.74, 6) is 1.93. The standard InChI is InChI=1S/C15H25N3S/c1-4-16-14(13-7-5-6-8-13)10-19-15-17-11(2)9-12(3)18-15/h9,13-14,16H,4-8,10H2,1-3H3. The molecular formula is C15H25N3S. The molecule has 1 aliphatic rings. The molecule has 0 spiro atoms. The van der Waals surface area contributed by atoms with Crippen LogP contribution in [0, 0.1) is 19.8 Å². The van der Waals surface area contributed by atoms with E-state index in [2.05, 4.69) is 22.2 Å². The largest absolute Gasteiger partial charge is 0.313 e. The average Bonchev–Trinajstić information content (AvgIpc) is 2.87. The predicted molar refractivity (Wildman–Crippen MR) is 81.7 cm³/mol. The molecule has 1 aliphatic carbocycles. The van der Waals surface area contributed by atoms with Crippen molar-refractivity contribution in [2.24, 2.45) is 5.92 Å². The molecule has 1 unspecified atom stereocenters. The van der Waals surface area contributed by atoms with E-state index in [-0.39, 0.29) is 0 Å². The molecule has 19 heavy (non-hydrogen) atoms. The van der Waals surface area contributed by atoms with Crippen molar-refractivity contribution in [2.75, 3.05) is 12.3 Å². The zero-order valence-corrected chi connectivity index (χ0v) is 13.1. The van der Waals surface area contributed by atoms with E-state index < -0.39 is 0 Å². The van der Waals surface area contributed by atoms with E-state index in [0.29, 0.717) is 6.04 Å². The van der Waals surface area contributed by atoms with Crippen molar-refractivity contribution in [2.45, 2.75) is 57.7 Å². The Bertz CT molecular complexity index is 382. The summed E-state index contributed by atoms with van der Waals surface area (Å²) in [4.78, 5) is 9.03. The predicted octanol–water partition coefficient (Wildman–Crippen LogP) is 3.35. The first-order valence-electron chi connectivity index (χ1n) is 7.37. The average molecular weight is 279 g/mol. The fraction of sp³-hybridized carbons (Fsp3) is 0.733. The van der Waals surface area contributed by atoms with Gasteiger partial charge in [-0.1, -0.05) is 31.5 Å². The minimum absolute atomic E-state index is 0.613. The summed E-state index contributed by atoms with van der Waals surface area (Å²) in [5, 5.41) is 4.58. The Kier molecular flexibility index (Phi) is 5.64. The fourth-order valence-electron chi connectivity index (χ4n) is 2.91. The third-order valence-electron chi connectivity index (χ3n) is 3.79. The number of aryl methyl sites for hydroxylation is 2. The van der Waals surface area contributed by atoms with Gasteiger partial charge < -0.3 is 5.32 Å². The van der Waals surface area contributed by atoms with Crippen LogP contribution < -0.4 is 5.32 Å². The first-order chi connectivity index (χ1) is 9.19. The lowest BCUT2D eigenvalue weighted by Gasteiger charge is -2.23. The van der Waals surface area contributed by atoms with Gasteiger partial charge in [0.2, 0.25) is 0 Å². The molecular weight excluding hydrogens is 254 g/mol. The molecule has 0 radical (unpaired) electrons. The lowest BCUT2D eigenvalue weighted by Crippen LogP contribution is -2.37. The third-order valence-corrected chi connectivity index (χ3v) is 4.76. The molecule has 106 valence electrons. The molecule has 0 bridgehead atoms. The maximum Gasteiger partial charge on any atom is 0.188 e. The molecule has 1 aromatic heterocycles. The highest BCUT2D eigenvalue weighted by atomic mass is 32.2. The van der Waals surface area contributed by atoms with Crippen molar-refractivity contribution in [1.29, 1.82) is 0 Å². The minimum atomic E-state index is 0.613. The summed E-state index contributed by atoms with van der Waals surface area (Å²) in [6.07, 6.45) is 5.56. The van der Waals surface area contributed by atoms with Gasteiger partial charge in [0, 0.05) is 23.2 Å². The van der Waals surface area contributed by atoms with Gasteiger partial charge in [-0.3, -0.25) is 0 Å². The number of nitrogens with zero attached hydrogens (tertiary/aromatic N) is 2. The monoisotopic (exact) mass is 279 g/mol. The quantitative estimate of drug-likeness (QED) is 0.640. The van der Waals surface area contributed by atoms with Crippen molar-refractivity contribution in [3.63, 3.8) is 0 Å². The van der Waals surface area contributed by atoms with Gasteiger partial charge in [0.05, 0.1) is 0 Å². The van der Waals surface area contributed by atoms with Crippen molar-refractivity contribution in [3.8, 4) is 0 Å². The van der Waals surface area contributed by atoms with Crippen molar-refractivity contribution in [3.05, 3.63) is 17.5 Å². The Labute approximate surface area is 121 Å². The van der Waals surface area contributed by atoms with Gasteiger partial charge in [-0.2, -0.15) is 0 Å². The first-order valence-corrected chi connectivity index (χ1v) is 8.36. The number of aromatic nitrogens is 2. The molecule has 1 N–H and O–H groups in total. The second kappa shape index (κ2) is 7.25. The zero-order valence-electron chi connectivity index (χ0n) is 12.3. The van der Waals surface area contributed by atoms with Crippen molar-refractivity contribution >= 4 is 11.8 Å². The van der Waals surface area contributed by atoms with Crippen molar-refractivity contribution in [1.82, 2.24) is 15.3 Å². The molecule has 1 aromatic rings. The molecule has 1 heterocycles. The van der Waals surface area contributed by atoms with Gasteiger partial charge in [0.15, 0.2) is 5.16 Å². The van der Waals surface area contributed by atoms with Gasteiger partial charge in [0.1, 0.15) is 0 Å². The first kappa shape index (κ1) is 14.8. The second-order valence-electron chi connectivity index (χ2n) is 5.45. The smallest absolute Gasteiger partial charge is 0.188 e. The number of hydrogen-bond donors (Lipinski definition) is 1. The summed E-state index contributed by atoms with van der Waals surface area (Å²) in [6.45, 7) is 7.32. The van der Waals surface area contributed by atoms with Gasteiger partial charge in [-0.05, 0) is 45.2 Å². The molecule has 2 rings (SSSR count). The maximum absolute atomic E-state index is 4.52. The van der Waals surface area contributed by atoms with Crippen LogP contribution in [-0.4, -0.2) is 28.3 Å². The molecule has 0 aromatic carbocycles. The van der Waals surface area contributed by atoms with E-state index in [1.165, 1.54) is 25.7 Å². The van der Waals surface area contributed by atoms with Crippen LogP contribution >= 0.6 is 11.8 Å². The van der Waals surface area contributed by atoms with Crippen LogP contribution in [0.1, 0.15) is 44.0 Å². The Hall–Kier alpha value is -0.610. The molecule has 3 nitrogen and oxygen atoms in total. The zero-order chi connectivity index (χ0) is 13.7. The number of thioether (sulfide) groups is 1. The van der Waals surface area contributed by atoms with E-state index in [1.54, 1.807) is 11.8 Å². The summed E-state index contributed by atoms with van der Waals surface area (Å²) in [5.41, 5.74) is 2.13. The van der Waals surface area contributed by atoms with Gasteiger partial charge in [0.25, 0.3) is 0 Å². The van der Waals surface area contributed by atoms with Gasteiger partial charge >= 0.3 is 0 Å². The normalized spacial score (nSPS) is 17.8. The lowest BCUT2D eigenvalue weighted by molar-refractivity contribution is 0.394. The van der Waals surface area contributed by atoms with Crippen molar-refractivity contribution < 1.29 is 0 Å². The number of hydrogen-bond acceptors (Lipinski definition) is 4. The molecule has 0 saturated heterocycles. The van der Waals surface area contributed by atoms with Crippen LogP contribution in [0.2, 0.25) is 0 Å². The SMILES string of the molecule is CCNC(CSc1nc(C)cc(C)n1)C1CCCC1.